The van der Waals surface area contributed by atoms with E-state index in [0.717, 1.165) is 10.0 Å². The number of ketones is 1. The zero-order valence-electron chi connectivity index (χ0n) is 10.4. The second-order valence-electron chi connectivity index (χ2n) is 4.36. The Morgan fingerprint density at radius 2 is 2.05 bits per heavy atom. The van der Waals surface area contributed by atoms with Gasteiger partial charge in [0.2, 0.25) is 0 Å². The van der Waals surface area contributed by atoms with Crippen LogP contribution in [0.1, 0.15) is 21.5 Å². The highest BCUT2D eigenvalue weighted by molar-refractivity contribution is 9.10. The highest BCUT2D eigenvalue weighted by atomic mass is 79.9. The van der Waals surface area contributed by atoms with Gasteiger partial charge in [0.1, 0.15) is 5.82 Å². The Morgan fingerprint density at radius 1 is 1.32 bits per heavy atom. The predicted octanol–water partition coefficient (Wildman–Crippen LogP) is 3.90. The first-order chi connectivity index (χ1) is 8.99. The van der Waals surface area contributed by atoms with Gasteiger partial charge in [-0.2, -0.15) is 0 Å². The molecular formula is C15H13BrFNO. The second-order valence-corrected chi connectivity index (χ2v) is 5.21. The number of rotatable bonds is 3. The molecular weight excluding hydrogens is 309 g/mol. The SMILES string of the molecule is Cc1c(N)cccc1C(=O)Cc1cc(F)ccc1Br. The van der Waals surface area contributed by atoms with Gasteiger partial charge < -0.3 is 5.73 Å². The predicted molar refractivity (Wildman–Crippen MR) is 77.7 cm³/mol. The van der Waals surface area contributed by atoms with Crippen molar-refractivity contribution < 1.29 is 9.18 Å². The van der Waals surface area contributed by atoms with Gasteiger partial charge in [-0.3, -0.25) is 4.79 Å². The highest BCUT2D eigenvalue weighted by Gasteiger charge is 2.13. The first kappa shape index (κ1) is 13.7. The zero-order valence-corrected chi connectivity index (χ0v) is 12.0. The third kappa shape index (κ3) is 3.01. The number of carbonyl (C=O) groups excluding carboxylic acids is 1. The number of nitrogens with two attached hydrogens (primary N) is 1. The molecule has 98 valence electrons. The van der Waals surface area contributed by atoms with Crippen molar-refractivity contribution in [2.75, 3.05) is 5.73 Å². The summed E-state index contributed by atoms with van der Waals surface area (Å²) in [5.74, 6) is -0.425. The van der Waals surface area contributed by atoms with Gasteiger partial charge in [0.15, 0.2) is 5.78 Å². The maximum absolute atomic E-state index is 13.2. The number of carbonyl (C=O) groups is 1. The molecule has 2 aromatic rings. The van der Waals surface area contributed by atoms with Crippen molar-refractivity contribution in [2.24, 2.45) is 0 Å². The summed E-state index contributed by atoms with van der Waals surface area (Å²) in [4.78, 5) is 12.3. The lowest BCUT2D eigenvalue weighted by molar-refractivity contribution is 0.0992. The van der Waals surface area contributed by atoms with Crippen LogP contribution in [0.4, 0.5) is 10.1 Å². The van der Waals surface area contributed by atoms with Crippen molar-refractivity contribution in [3.05, 3.63) is 63.4 Å². The maximum Gasteiger partial charge on any atom is 0.167 e. The Kier molecular flexibility index (Phi) is 4.00. The number of hydrogen-bond donors (Lipinski definition) is 1. The van der Waals surface area contributed by atoms with Crippen LogP contribution in [-0.2, 0) is 6.42 Å². The number of nitrogen functional groups attached to an aromatic ring is 1. The molecule has 0 aliphatic carbocycles. The van der Waals surface area contributed by atoms with Crippen LogP contribution in [-0.4, -0.2) is 5.78 Å². The molecule has 2 rings (SSSR count). The minimum Gasteiger partial charge on any atom is -0.398 e. The van der Waals surface area contributed by atoms with Gasteiger partial charge in [0.05, 0.1) is 0 Å². The molecule has 0 amide bonds. The fourth-order valence-corrected chi connectivity index (χ4v) is 2.29. The number of hydrogen-bond acceptors (Lipinski definition) is 2. The molecule has 0 unspecified atom stereocenters. The van der Waals surface area contributed by atoms with Crippen LogP contribution in [0.25, 0.3) is 0 Å². The first-order valence-corrected chi connectivity index (χ1v) is 6.60. The minimum absolute atomic E-state index is 0.0731. The van der Waals surface area contributed by atoms with Gasteiger partial charge >= 0.3 is 0 Å². The summed E-state index contributed by atoms with van der Waals surface area (Å²) in [5.41, 5.74) is 8.35. The Labute approximate surface area is 119 Å². The second kappa shape index (κ2) is 5.53. The van der Waals surface area contributed by atoms with Crippen molar-refractivity contribution in [1.29, 1.82) is 0 Å². The van der Waals surface area contributed by atoms with E-state index in [2.05, 4.69) is 15.9 Å². The van der Waals surface area contributed by atoms with Gasteiger partial charge in [-0.15, -0.1) is 0 Å². The molecule has 0 radical (unpaired) electrons. The molecule has 0 bridgehead atoms. The van der Waals surface area contributed by atoms with Crippen molar-refractivity contribution in [1.82, 2.24) is 0 Å². The molecule has 4 heteroatoms. The largest absolute Gasteiger partial charge is 0.398 e. The molecule has 2 aromatic carbocycles. The molecule has 0 aliphatic rings. The van der Waals surface area contributed by atoms with Crippen LogP contribution < -0.4 is 5.73 Å². The fourth-order valence-electron chi connectivity index (χ4n) is 1.90. The lowest BCUT2D eigenvalue weighted by Gasteiger charge is -2.08. The third-order valence-corrected chi connectivity index (χ3v) is 3.81. The molecule has 0 saturated carbocycles. The first-order valence-electron chi connectivity index (χ1n) is 5.81. The summed E-state index contributed by atoms with van der Waals surface area (Å²) < 4.78 is 13.9. The van der Waals surface area contributed by atoms with E-state index in [-0.39, 0.29) is 18.0 Å². The molecule has 0 fully saturated rings. The van der Waals surface area contributed by atoms with E-state index in [1.807, 2.05) is 6.92 Å². The molecule has 0 saturated heterocycles. The minimum atomic E-state index is -0.352. The van der Waals surface area contributed by atoms with Crippen LogP contribution in [0.3, 0.4) is 0 Å². The number of benzene rings is 2. The molecule has 2 nitrogen and oxygen atoms in total. The van der Waals surface area contributed by atoms with Crippen molar-refractivity contribution in [2.45, 2.75) is 13.3 Å². The van der Waals surface area contributed by atoms with Gasteiger partial charge in [-0.05, 0) is 42.3 Å². The molecule has 0 spiro atoms. The van der Waals surface area contributed by atoms with Crippen LogP contribution in [0, 0.1) is 12.7 Å². The average Bonchev–Trinajstić information content (AvgIpc) is 2.37. The van der Waals surface area contributed by atoms with Crippen LogP contribution in [0.5, 0.6) is 0 Å². The van der Waals surface area contributed by atoms with E-state index >= 15 is 0 Å². The van der Waals surface area contributed by atoms with Crippen LogP contribution >= 0.6 is 15.9 Å². The van der Waals surface area contributed by atoms with E-state index in [1.165, 1.54) is 12.1 Å². The third-order valence-electron chi connectivity index (χ3n) is 3.03. The van der Waals surface area contributed by atoms with Gasteiger partial charge in [-0.25, -0.2) is 4.39 Å². The normalized spacial score (nSPS) is 10.5. The van der Waals surface area contributed by atoms with Gasteiger partial charge in [-0.1, -0.05) is 28.1 Å². The lowest BCUT2D eigenvalue weighted by atomic mass is 9.98. The summed E-state index contributed by atoms with van der Waals surface area (Å²) >= 11 is 3.32. The van der Waals surface area contributed by atoms with Crippen molar-refractivity contribution >= 4 is 27.4 Å². The van der Waals surface area contributed by atoms with Crippen LogP contribution in [0.2, 0.25) is 0 Å². The number of halogens is 2. The van der Waals surface area contributed by atoms with E-state index in [0.29, 0.717) is 16.8 Å². The maximum atomic E-state index is 13.2. The van der Waals surface area contributed by atoms with E-state index in [9.17, 15) is 9.18 Å². The summed E-state index contributed by atoms with van der Waals surface area (Å²) in [5, 5.41) is 0. The molecule has 19 heavy (non-hydrogen) atoms. The molecule has 0 heterocycles. The van der Waals surface area contributed by atoms with Crippen molar-refractivity contribution in [3.8, 4) is 0 Å². The highest BCUT2D eigenvalue weighted by Crippen LogP contribution is 2.22. The zero-order chi connectivity index (χ0) is 14.0. The monoisotopic (exact) mass is 321 g/mol. The quantitative estimate of drug-likeness (QED) is 0.688. The summed E-state index contributed by atoms with van der Waals surface area (Å²) in [6.07, 6.45) is 0.142. The van der Waals surface area contributed by atoms with Crippen molar-refractivity contribution in [3.63, 3.8) is 0 Å². The molecule has 0 atom stereocenters. The summed E-state index contributed by atoms with van der Waals surface area (Å²) in [6, 6.07) is 9.55. The Bertz CT molecular complexity index is 640. The Balaban J connectivity index is 2.31. The summed E-state index contributed by atoms with van der Waals surface area (Å²) in [7, 11) is 0. The Morgan fingerprint density at radius 3 is 2.79 bits per heavy atom. The lowest BCUT2D eigenvalue weighted by Crippen LogP contribution is -2.08. The average molecular weight is 322 g/mol. The standard InChI is InChI=1S/C15H13BrFNO/c1-9-12(3-2-4-14(9)18)15(19)8-10-7-11(17)5-6-13(10)16/h2-7H,8,18H2,1H3. The van der Waals surface area contributed by atoms with E-state index in [4.69, 9.17) is 5.73 Å². The fraction of sp³-hybridized carbons (Fsp3) is 0.133. The molecule has 0 aromatic heterocycles. The summed E-state index contributed by atoms with van der Waals surface area (Å²) in [6.45, 7) is 1.81. The van der Waals surface area contributed by atoms with Gasteiger partial charge in [0, 0.05) is 22.1 Å². The number of Topliss-reactive ketones (excluding diaryl/α,β-unsaturated/α-hetero) is 1. The van der Waals surface area contributed by atoms with E-state index < -0.39 is 0 Å². The smallest absolute Gasteiger partial charge is 0.167 e. The van der Waals surface area contributed by atoms with E-state index in [1.54, 1.807) is 24.3 Å². The Hall–Kier alpha value is -1.68. The molecule has 0 aliphatic heterocycles. The number of anilines is 1. The van der Waals surface area contributed by atoms with Crippen LogP contribution in [0.15, 0.2) is 40.9 Å². The molecule has 2 N–H and O–H groups in total. The topological polar surface area (TPSA) is 43.1 Å². The van der Waals surface area contributed by atoms with Gasteiger partial charge in [0.25, 0.3) is 0 Å².